The molecule has 0 radical (unpaired) electrons. The molecule has 2 saturated carbocycles. The first-order valence-corrected chi connectivity index (χ1v) is 9.76. The van der Waals surface area contributed by atoms with Gasteiger partial charge in [-0.25, -0.2) is 9.97 Å². The number of amides is 1. The third-order valence-electron chi connectivity index (χ3n) is 6.84. The summed E-state index contributed by atoms with van der Waals surface area (Å²) in [5.41, 5.74) is 1.67. The van der Waals surface area contributed by atoms with E-state index >= 15 is 0 Å². The van der Waals surface area contributed by atoms with Crippen LogP contribution < -0.4 is 4.90 Å². The van der Waals surface area contributed by atoms with Gasteiger partial charge in [0.15, 0.2) is 5.65 Å². The van der Waals surface area contributed by atoms with Crippen LogP contribution in [0.5, 0.6) is 0 Å². The van der Waals surface area contributed by atoms with Crippen LogP contribution >= 0.6 is 0 Å². The standard InChI is InChI=1S/C19H26N6O/c1-23-11-21-16-9-20-19(22-17(16)23)25-6-5-14(10-25)24(2)18(26)15-8-12-3-4-13(15)7-12/h9,11-15H,3-8,10H2,1-2H3. The molecule has 0 N–H and O–H groups in total. The van der Waals surface area contributed by atoms with Crippen LogP contribution in [-0.2, 0) is 11.8 Å². The van der Waals surface area contributed by atoms with E-state index < -0.39 is 0 Å². The number of hydrogen-bond acceptors (Lipinski definition) is 5. The summed E-state index contributed by atoms with van der Waals surface area (Å²) in [6.45, 7) is 1.70. The van der Waals surface area contributed by atoms with Crippen molar-refractivity contribution < 1.29 is 4.79 Å². The van der Waals surface area contributed by atoms with Crippen LogP contribution in [-0.4, -0.2) is 56.5 Å². The van der Waals surface area contributed by atoms with Crippen LogP contribution in [0.2, 0.25) is 0 Å². The Kier molecular flexibility index (Phi) is 3.65. The number of nitrogens with zero attached hydrogens (tertiary/aromatic N) is 6. The SMILES string of the molecule is CN(C(=O)C1CC2CCC1C2)C1CCN(c2ncc3ncn(C)c3n2)C1. The molecule has 2 aromatic rings. The fourth-order valence-corrected chi connectivity index (χ4v) is 5.29. The second-order valence-corrected chi connectivity index (χ2v) is 8.35. The molecular formula is C19H26N6O. The molecule has 26 heavy (non-hydrogen) atoms. The minimum atomic E-state index is 0.257. The van der Waals surface area contributed by atoms with Crippen LogP contribution in [0.1, 0.15) is 32.1 Å². The summed E-state index contributed by atoms with van der Waals surface area (Å²) in [6.07, 6.45) is 9.51. The average molecular weight is 354 g/mol. The van der Waals surface area contributed by atoms with Crippen molar-refractivity contribution in [2.24, 2.45) is 24.8 Å². The second-order valence-electron chi connectivity index (χ2n) is 8.35. The number of likely N-dealkylation sites (N-methyl/N-ethyl adjacent to an activating group) is 1. The first kappa shape index (κ1) is 16.0. The highest BCUT2D eigenvalue weighted by Crippen LogP contribution is 2.49. The number of imidazole rings is 1. The molecular weight excluding hydrogens is 328 g/mol. The van der Waals surface area contributed by atoms with E-state index in [-0.39, 0.29) is 12.0 Å². The van der Waals surface area contributed by atoms with Crippen molar-refractivity contribution in [2.45, 2.75) is 38.1 Å². The van der Waals surface area contributed by atoms with E-state index in [4.69, 9.17) is 0 Å². The average Bonchev–Trinajstić information content (AvgIpc) is 3.44. The Morgan fingerprint density at radius 2 is 2.12 bits per heavy atom. The Morgan fingerprint density at radius 3 is 2.88 bits per heavy atom. The molecule has 138 valence electrons. The monoisotopic (exact) mass is 354 g/mol. The molecule has 7 heteroatoms. The van der Waals surface area contributed by atoms with Gasteiger partial charge in [-0.05, 0) is 37.5 Å². The van der Waals surface area contributed by atoms with Crippen molar-refractivity contribution in [3.8, 4) is 0 Å². The highest BCUT2D eigenvalue weighted by molar-refractivity contribution is 5.80. The lowest BCUT2D eigenvalue weighted by molar-refractivity contribution is -0.137. The van der Waals surface area contributed by atoms with Crippen molar-refractivity contribution in [1.29, 1.82) is 0 Å². The molecule has 1 aliphatic heterocycles. The zero-order valence-corrected chi connectivity index (χ0v) is 15.5. The lowest BCUT2D eigenvalue weighted by atomic mass is 9.87. The van der Waals surface area contributed by atoms with Crippen LogP contribution in [0.25, 0.3) is 11.2 Å². The minimum absolute atomic E-state index is 0.257. The van der Waals surface area contributed by atoms with E-state index in [0.717, 1.165) is 49.0 Å². The third-order valence-corrected chi connectivity index (χ3v) is 6.84. The van der Waals surface area contributed by atoms with Crippen molar-refractivity contribution in [2.75, 3.05) is 25.0 Å². The number of carbonyl (C=O) groups is 1. The van der Waals surface area contributed by atoms with E-state index in [1.165, 1.54) is 19.3 Å². The van der Waals surface area contributed by atoms with Gasteiger partial charge in [-0.2, -0.15) is 4.98 Å². The number of aryl methyl sites for hydroxylation is 1. The summed E-state index contributed by atoms with van der Waals surface area (Å²) in [5.74, 6) is 2.83. The summed E-state index contributed by atoms with van der Waals surface area (Å²) in [4.78, 5) is 30.7. The second kappa shape index (κ2) is 5.93. The first-order chi connectivity index (χ1) is 12.6. The van der Waals surface area contributed by atoms with Gasteiger partial charge in [-0.15, -0.1) is 0 Å². The molecule has 7 nitrogen and oxygen atoms in total. The summed E-state index contributed by atoms with van der Waals surface area (Å²) < 4.78 is 1.92. The minimum Gasteiger partial charge on any atom is -0.341 e. The van der Waals surface area contributed by atoms with Gasteiger partial charge >= 0.3 is 0 Å². The number of rotatable bonds is 3. The van der Waals surface area contributed by atoms with E-state index in [1.807, 2.05) is 23.6 Å². The molecule has 2 bridgehead atoms. The molecule has 4 atom stereocenters. The molecule has 4 unspecified atom stereocenters. The number of fused-ring (bicyclic) bond motifs is 3. The van der Waals surface area contributed by atoms with E-state index in [0.29, 0.717) is 11.8 Å². The molecule has 2 aromatic heterocycles. The molecule has 0 aromatic carbocycles. The van der Waals surface area contributed by atoms with Gasteiger partial charge in [0.1, 0.15) is 5.52 Å². The zero-order chi connectivity index (χ0) is 17.8. The lowest BCUT2D eigenvalue weighted by Crippen LogP contribution is -2.43. The molecule has 2 aliphatic carbocycles. The smallest absolute Gasteiger partial charge is 0.227 e. The van der Waals surface area contributed by atoms with Gasteiger partial charge in [0.2, 0.25) is 11.9 Å². The quantitative estimate of drug-likeness (QED) is 0.841. The molecule has 3 aliphatic rings. The fourth-order valence-electron chi connectivity index (χ4n) is 5.29. The van der Waals surface area contributed by atoms with Crippen molar-refractivity contribution in [3.05, 3.63) is 12.5 Å². The highest BCUT2D eigenvalue weighted by Gasteiger charge is 2.45. The topological polar surface area (TPSA) is 67.2 Å². The Labute approximate surface area is 153 Å². The molecule has 5 rings (SSSR count). The molecule has 1 saturated heterocycles. The molecule has 3 fully saturated rings. The summed E-state index contributed by atoms with van der Waals surface area (Å²) in [6, 6.07) is 0.257. The van der Waals surface area contributed by atoms with Gasteiger partial charge in [0.25, 0.3) is 0 Å². The summed E-state index contributed by atoms with van der Waals surface area (Å²) in [5, 5.41) is 0. The Bertz CT molecular complexity index is 848. The number of anilines is 1. The predicted octanol–water partition coefficient (Wildman–Crippen LogP) is 1.84. The van der Waals surface area contributed by atoms with Crippen LogP contribution in [0.15, 0.2) is 12.5 Å². The predicted molar refractivity (Wildman–Crippen MR) is 98.6 cm³/mol. The van der Waals surface area contributed by atoms with E-state index in [2.05, 4.69) is 19.9 Å². The fraction of sp³-hybridized carbons (Fsp3) is 0.684. The van der Waals surface area contributed by atoms with Gasteiger partial charge in [-0.3, -0.25) is 4.79 Å². The molecule has 3 heterocycles. The summed E-state index contributed by atoms with van der Waals surface area (Å²) in [7, 11) is 3.94. The van der Waals surface area contributed by atoms with E-state index in [1.54, 1.807) is 12.5 Å². The van der Waals surface area contributed by atoms with Gasteiger partial charge in [0, 0.05) is 33.1 Å². The van der Waals surface area contributed by atoms with Crippen LogP contribution in [0, 0.1) is 17.8 Å². The lowest BCUT2D eigenvalue weighted by Gasteiger charge is -2.30. The summed E-state index contributed by atoms with van der Waals surface area (Å²) >= 11 is 0. The maximum atomic E-state index is 13.0. The van der Waals surface area contributed by atoms with Crippen molar-refractivity contribution >= 4 is 23.0 Å². The zero-order valence-electron chi connectivity index (χ0n) is 15.5. The number of aromatic nitrogens is 4. The number of hydrogen-bond donors (Lipinski definition) is 0. The maximum Gasteiger partial charge on any atom is 0.227 e. The van der Waals surface area contributed by atoms with Gasteiger partial charge in [-0.1, -0.05) is 6.42 Å². The van der Waals surface area contributed by atoms with Crippen LogP contribution in [0.3, 0.4) is 0 Å². The Balaban J connectivity index is 1.28. The van der Waals surface area contributed by atoms with Gasteiger partial charge in [0.05, 0.1) is 18.6 Å². The highest BCUT2D eigenvalue weighted by atomic mass is 16.2. The normalized spacial score (nSPS) is 30.5. The Morgan fingerprint density at radius 1 is 1.23 bits per heavy atom. The maximum absolute atomic E-state index is 13.0. The Hall–Kier alpha value is -2.18. The molecule has 1 amide bonds. The van der Waals surface area contributed by atoms with Gasteiger partial charge < -0.3 is 14.4 Å². The van der Waals surface area contributed by atoms with Crippen LogP contribution in [0.4, 0.5) is 5.95 Å². The largest absolute Gasteiger partial charge is 0.341 e. The molecule has 0 spiro atoms. The number of carbonyl (C=O) groups excluding carboxylic acids is 1. The van der Waals surface area contributed by atoms with Crippen molar-refractivity contribution in [3.63, 3.8) is 0 Å². The van der Waals surface area contributed by atoms with E-state index in [9.17, 15) is 4.79 Å². The third kappa shape index (κ3) is 2.47. The van der Waals surface area contributed by atoms with Crippen molar-refractivity contribution in [1.82, 2.24) is 24.4 Å². The first-order valence-electron chi connectivity index (χ1n) is 9.76.